The summed E-state index contributed by atoms with van der Waals surface area (Å²) in [6.45, 7) is 5.75. The van der Waals surface area contributed by atoms with Crippen LogP contribution in [0.15, 0.2) is 18.2 Å². The molecule has 1 N–H and O–H groups in total. The SMILES string of the molecule is CCOC(=O)C1CCCN(CC(=O)NCc2ccc(C)c(F)c2)C1. The molecule has 1 aliphatic heterocycles. The Balaban J connectivity index is 1.79. The quantitative estimate of drug-likeness (QED) is 0.808. The minimum Gasteiger partial charge on any atom is -0.466 e. The van der Waals surface area contributed by atoms with Gasteiger partial charge in [-0.15, -0.1) is 0 Å². The molecule has 0 aromatic heterocycles. The molecular formula is C18H25FN2O3. The van der Waals surface area contributed by atoms with E-state index in [0.29, 0.717) is 25.3 Å². The highest BCUT2D eigenvalue weighted by molar-refractivity contribution is 5.78. The average Bonchev–Trinajstić information content (AvgIpc) is 2.56. The van der Waals surface area contributed by atoms with Crippen molar-refractivity contribution in [1.82, 2.24) is 10.2 Å². The number of piperidine rings is 1. The van der Waals surface area contributed by atoms with E-state index in [9.17, 15) is 14.0 Å². The molecule has 6 heteroatoms. The topological polar surface area (TPSA) is 58.6 Å². The number of nitrogens with one attached hydrogen (secondary N) is 1. The number of hydrogen-bond acceptors (Lipinski definition) is 4. The molecule has 1 aliphatic rings. The zero-order valence-electron chi connectivity index (χ0n) is 14.3. The molecule has 1 saturated heterocycles. The Labute approximate surface area is 142 Å². The van der Waals surface area contributed by atoms with Crippen LogP contribution in [0, 0.1) is 18.7 Å². The first-order valence-electron chi connectivity index (χ1n) is 8.40. The van der Waals surface area contributed by atoms with Crippen LogP contribution in [0.4, 0.5) is 4.39 Å². The Morgan fingerprint density at radius 2 is 2.21 bits per heavy atom. The fraction of sp³-hybridized carbons (Fsp3) is 0.556. The highest BCUT2D eigenvalue weighted by atomic mass is 19.1. The maximum absolute atomic E-state index is 13.5. The van der Waals surface area contributed by atoms with Gasteiger partial charge in [0.25, 0.3) is 0 Å². The number of carbonyl (C=O) groups excluding carboxylic acids is 2. The third kappa shape index (κ3) is 5.30. The number of rotatable bonds is 6. The van der Waals surface area contributed by atoms with Gasteiger partial charge in [-0.3, -0.25) is 14.5 Å². The molecule has 1 aromatic carbocycles. The number of halogens is 1. The fourth-order valence-electron chi connectivity index (χ4n) is 2.86. The molecule has 5 nitrogen and oxygen atoms in total. The van der Waals surface area contributed by atoms with Crippen molar-refractivity contribution in [3.63, 3.8) is 0 Å². The van der Waals surface area contributed by atoms with Gasteiger partial charge in [0.2, 0.25) is 5.91 Å². The fourth-order valence-corrected chi connectivity index (χ4v) is 2.86. The van der Waals surface area contributed by atoms with Gasteiger partial charge in [0.05, 0.1) is 19.1 Å². The van der Waals surface area contributed by atoms with E-state index in [0.717, 1.165) is 24.9 Å². The van der Waals surface area contributed by atoms with Crippen LogP contribution in [0.25, 0.3) is 0 Å². The van der Waals surface area contributed by atoms with E-state index < -0.39 is 0 Å². The molecule has 0 radical (unpaired) electrons. The Morgan fingerprint density at radius 3 is 2.92 bits per heavy atom. The van der Waals surface area contributed by atoms with E-state index in [-0.39, 0.29) is 30.2 Å². The highest BCUT2D eigenvalue weighted by Gasteiger charge is 2.27. The summed E-state index contributed by atoms with van der Waals surface area (Å²) in [7, 11) is 0. The van der Waals surface area contributed by atoms with Crippen LogP contribution in [0.3, 0.4) is 0 Å². The molecule has 1 heterocycles. The zero-order chi connectivity index (χ0) is 17.5. The molecule has 0 aliphatic carbocycles. The van der Waals surface area contributed by atoms with Crippen molar-refractivity contribution < 1.29 is 18.7 Å². The van der Waals surface area contributed by atoms with Crippen LogP contribution in [-0.4, -0.2) is 43.0 Å². The average molecular weight is 336 g/mol. The molecule has 1 atom stereocenters. The van der Waals surface area contributed by atoms with Crippen LogP contribution in [0.5, 0.6) is 0 Å². The smallest absolute Gasteiger partial charge is 0.310 e. The van der Waals surface area contributed by atoms with Gasteiger partial charge in [0.1, 0.15) is 5.82 Å². The summed E-state index contributed by atoms with van der Waals surface area (Å²) in [6, 6.07) is 4.94. The van der Waals surface area contributed by atoms with Crippen molar-refractivity contribution in [3.8, 4) is 0 Å². The van der Waals surface area contributed by atoms with E-state index in [2.05, 4.69) is 5.32 Å². The second kappa shape index (κ2) is 8.78. The standard InChI is InChI=1S/C18H25FN2O3/c1-3-24-18(23)15-5-4-8-21(11-15)12-17(22)20-10-14-7-6-13(2)16(19)9-14/h6-7,9,15H,3-5,8,10-12H2,1-2H3,(H,20,22). The van der Waals surface area contributed by atoms with Gasteiger partial charge >= 0.3 is 5.97 Å². The number of likely N-dealkylation sites (tertiary alicyclic amines) is 1. The van der Waals surface area contributed by atoms with Crippen LogP contribution < -0.4 is 5.32 Å². The second-order valence-electron chi connectivity index (χ2n) is 6.19. The van der Waals surface area contributed by atoms with Gasteiger partial charge < -0.3 is 10.1 Å². The first kappa shape index (κ1) is 18.4. The van der Waals surface area contributed by atoms with Gasteiger partial charge in [0.15, 0.2) is 0 Å². The maximum Gasteiger partial charge on any atom is 0.310 e. The lowest BCUT2D eigenvalue weighted by Gasteiger charge is -2.30. The van der Waals surface area contributed by atoms with Crippen molar-refractivity contribution in [3.05, 3.63) is 35.1 Å². The lowest BCUT2D eigenvalue weighted by Crippen LogP contribution is -2.44. The summed E-state index contributed by atoms with van der Waals surface area (Å²) in [5.41, 5.74) is 1.32. The van der Waals surface area contributed by atoms with Crippen molar-refractivity contribution >= 4 is 11.9 Å². The van der Waals surface area contributed by atoms with Crippen LogP contribution in [-0.2, 0) is 20.9 Å². The number of aryl methyl sites for hydroxylation is 1. The number of hydrogen-bond donors (Lipinski definition) is 1. The van der Waals surface area contributed by atoms with Gasteiger partial charge in [-0.05, 0) is 50.4 Å². The summed E-state index contributed by atoms with van der Waals surface area (Å²) in [5.74, 6) is -0.731. The third-order valence-electron chi connectivity index (χ3n) is 4.22. The minimum absolute atomic E-state index is 0.125. The predicted molar refractivity (Wildman–Crippen MR) is 88.8 cm³/mol. The first-order chi connectivity index (χ1) is 11.5. The van der Waals surface area contributed by atoms with Crippen molar-refractivity contribution in [2.24, 2.45) is 5.92 Å². The van der Waals surface area contributed by atoms with Crippen molar-refractivity contribution in [2.75, 3.05) is 26.2 Å². The zero-order valence-corrected chi connectivity index (χ0v) is 14.3. The molecule has 1 unspecified atom stereocenters. The maximum atomic E-state index is 13.5. The summed E-state index contributed by atoms with van der Waals surface area (Å²) < 4.78 is 18.6. The molecule has 2 rings (SSSR count). The number of esters is 1. The lowest BCUT2D eigenvalue weighted by molar-refractivity contribution is -0.150. The molecule has 1 fully saturated rings. The normalized spacial score (nSPS) is 18.2. The Kier molecular flexibility index (Phi) is 6.73. The third-order valence-corrected chi connectivity index (χ3v) is 4.22. The lowest BCUT2D eigenvalue weighted by atomic mass is 9.98. The molecule has 0 spiro atoms. The molecule has 1 amide bonds. The van der Waals surface area contributed by atoms with Crippen LogP contribution in [0.2, 0.25) is 0 Å². The Hall–Kier alpha value is -1.95. The molecule has 132 valence electrons. The monoisotopic (exact) mass is 336 g/mol. The number of benzene rings is 1. The first-order valence-corrected chi connectivity index (χ1v) is 8.40. The summed E-state index contributed by atoms with van der Waals surface area (Å²) in [6.07, 6.45) is 1.68. The number of ether oxygens (including phenoxy) is 1. The van der Waals surface area contributed by atoms with Gasteiger partial charge in [-0.1, -0.05) is 12.1 Å². The van der Waals surface area contributed by atoms with Gasteiger partial charge in [-0.2, -0.15) is 0 Å². The van der Waals surface area contributed by atoms with E-state index in [1.54, 1.807) is 26.0 Å². The highest BCUT2D eigenvalue weighted by Crippen LogP contribution is 2.17. The number of amides is 1. The predicted octanol–water partition coefficient (Wildman–Crippen LogP) is 2.03. The molecular weight excluding hydrogens is 311 g/mol. The molecule has 24 heavy (non-hydrogen) atoms. The van der Waals surface area contributed by atoms with Crippen molar-refractivity contribution in [2.45, 2.75) is 33.2 Å². The van der Waals surface area contributed by atoms with E-state index in [1.807, 2.05) is 4.90 Å². The molecule has 1 aromatic rings. The molecule has 0 saturated carbocycles. The van der Waals surface area contributed by atoms with Crippen LogP contribution >= 0.6 is 0 Å². The van der Waals surface area contributed by atoms with Gasteiger partial charge in [0, 0.05) is 13.1 Å². The molecule has 0 bridgehead atoms. The van der Waals surface area contributed by atoms with Gasteiger partial charge in [-0.25, -0.2) is 4.39 Å². The van der Waals surface area contributed by atoms with Crippen molar-refractivity contribution in [1.29, 1.82) is 0 Å². The van der Waals surface area contributed by atoms with E-state index in [1.165, 1.54) is 6.07 Å². The summed E-state index contributed by atoms with van der Waals surface area (Å²) >= 11 is 0. The summed E-state index contributed by atoms with van der Waals surface area (Å²) in [5, 5.41) is 2.80. The van der Waals surface area contributed by atoms with E-state index >= 15 is 0 Å². The van der Waals surface area contributed by atoms with Crippen LogP contribution in [0.1, 0.15) is 30.9 Å². The Morgan fingerprint density at radius 1 is 1.42 bits per heavy atom. The number of nitrogens with zero attached hydrogens (tertiary/aromatic N) is 1. The second-order valence-corrected chi connectivity index (χ2v) is 6.19. The Bertz CT molecular complexity index is 592. The largest absolute Gasteiger partial charge is 0.466 e. The number of carbonyl (C=O) groups is 2. The summed E-state index contributed by atoms with van der Waals surface area (Å²) in [4.78, 5) is 25.9. The minimum atomic E-state index is -0.268. The van der Waals surface area contributed by atoms with E-state index in [4.69, 9.17) is 4.74 Å².